The molecule has 0 unspecified atom stereocenters. The van der Waals surface area contributed by atoms with Crippen molar-refractivity contribution in [2.24, 2.45) is 0 Å². The number of alkyl halides is 3. The van der Waals surface area contributed by atoms with E-state index in [1.165, 1.54) is 24.0 Å². The fraction of sp³-hybridized carbons (Fsp3) is 0.227. The lowest BCUT2D eigenvalue weighted by Gasteiger charge is -2.27. The molecule has 0 spiro atoms. The molecule has 0 amide bonds. The van der Waals surface area contributed by atoms with Gasteiger partial charge in [-0.3, -0.25) is 9.69 Å². The highest BCUT2D eigenvalue weighted by atomic mass is 19.4. The summed E-state index contributed by atoms with van der Waals surface area (Å²) in [5.74, 6) is -0.147. The molecule has 4 aromatic rings. The number of furan rings is 1. The molecule has 1 aliphatic heterocycles. The predicted octanol–water partition coefficient (Wildman–Crippen LogP) is 4.25. The maximum Gasteiger partial charge on any atom is 0.433 e. The number of ketones is 1. The molecule has 1 aliphatic rings. The lowest BCUT2D eigenvalue weighted by Crippen LogP contribution is -2.35. The molecule has 0 saturated heterocycles. The Morgan fingerprint density at radius 3 is 2.65 bits per heavy atom. The Labute approximate surface area is 174 Å². The Hall–Kier alpha value is -3.46. The second-order valence-corrected chi connectivity index (χ2v) is 7.45. The second kappa shape index (κ2) is 7.35. The number of rotatable bonds is 4. The lowest BCUT2D eigenvalue weighted by molar-refractivity contribution is -0.142. The zero-order valence-corrected chi connectivity index (χ0v) is 16.3. The molecular formula is C22H17F3N4O2. The average molecular weight is 426 g/mol. The van der Waals surface area contributed by atoms with Crippen LogP contribution in [0, 0.1) is 0 Å². The third-order valence-corrected chi connectivity index (χ3v) is 5.35. The number of hydrogen-bond acceptors (Lipinski definition) is 5. The van der Waals surface area contributed by atoms with Gasteiger partial charge in [-0.2, -0.15) is 18.3 Å². The van der Waals surface area contributed by atoms with Gasteiger partial charge in [-0.1, -0.05) is 24.3 Å². The highest BCUT2D eigenvalue weighted by Gasteiger charge is 2.36. The third-order valence-electron chi connectivity index (χ3n) is 5.35. The third kappa shape index (κ3) is 3.72. The Bertz CT molecular complexity index is 1260. The average Bonchev–Trinajstić information content (AvgIpc) is 3.42. The zero-order chi connectivity index (χ0) is 21.6. The summed E-state index contributed by atoms with van der Waals surface area (Å²) < 4.78 is 46.8. The molecule has 6 nitrogen and oxygen atoms in total. The van der Waals surface area contributed by atoms with Crippen molar-refractivity contribution in [2.45, 2.75) is 19.1 Å². The van der Waals surface area contributed by atoms with E-state index in [0.29, 0.717) is 17.6 Å². The largest absolute Gasteiger partial charge is 0.463 e. The quantitative estimate of drug-likeness (QED) is 0.457. The van der Waals surface area contributed by atoms with E-state index >= 15 is 0 Å². The highest BCUT2D eigenvalue weighted by molar-refractivity contribution is 5.96. The minimum absolute atomic E-state index is 0.0244. The summed E-state index contributed by atoms with van der Waals surface area (Å²) in [6.45, 7) is 1.39. The number of halogens is 3. The summed E-state index contributed by atoms with van der Waals surface area (Å²) in [6, 6.07) is 13.3. The van der Waals surface area contributed by atoms with Gasteiger partial charge in [0.1, 0.15) is 11.4 Å². The van der Waals surface area contributed by atoms with E-state index in [-0.39, 0.29) is 35.1 Å². The van der Waals surface area contributed by atoms with Crippen molar-refractivity contribution in [3.63, 3.8) is 0 Å². The van der Waals surface area contributed by atoms with Gasteiger partial charge >= 0.3 is 6.18 Å². The molecule has 0 bridgehead atoms. The maximum atomic E-state index is 13.7. The summed E-state index contributed by atoms with van der Waals surface area (Å²) >= 11 is 0. The van der Waals surface area contributed by atoms with E-state index < -0.39 is 11.9 Å². The van der Waals surface area contributed by atoms with Crippen LogP contribution in [0.4, 0.5) is 13.2 Å². The molecule has 1 aromatic carbocycles. The first-order valence-electron chi connectivity index (χ1n) is 9.73. The van der Waals surface area contributed by atoms with E-state index in [9.17, 15) is 18.0 Å². The summed E-state index contributed by atoms with van der Waals surface area (Å²) in [5.41, 5.74) is 1.30. The monoisotopic (exact) mass is 426 g/mol. The first-order valence-corrected chi connectivity index (χ1v) is 9.73. The molecule has 0 fully saturated rings. The van der Waals surface area contributed by atoms with Crippen LogP contribution in [0.25, 0.3) is 17.1 Å². The molecule has 0 radical (unpaired) electrons. The number of benzene rings is 1. The van der Waals surface area contributed by atoms with Gasteiger partial charge in [0.25, 0.3) is 0 Å². The molecule has 31 heavy (non-hydrogen) atoms. The SMILES string of the molecule is O=C(CN1CCc2ccccc2C1)c1cc2nc(-c3ccco3)cc(C(F)(F)F)n2n1. The van der Waals surface area contributed by atoms with Crippen molar-refractivity contribution in [3.8, 4) is 11.5 Å². The van der Waals surface area contributed by atoms with Gasteiger partial charge in [-0.05, 0) is 35.7 Å². The van der Waals surface area contributed by atoms with Crippen molar-refractivity contribution in [1.29, 1.82) is 0 Å². The maximum absolute atomic E-state index is 13.7. The molecule has 5 rings (SSSR count). The van der Waals surface area contributed by atoms with Crippen LogP contribution in [0.3, 0.4) is 0 Å². The van der Waals surface area contributed by atoms with Crippen molar-refractivity contribution in [3.05, 3.63) is 77.3 Å². The van der Waals surface area contributed by atoms with Gasteiger partial charge in [0, 0.05) is 19.2 Å². The van der Waals surface area contributed by atoms with E-state index in [2.05, 4.69) is 16.1 Å². The molecule has 0 saturated carbocycles. The number of hydrogen-bond donors (Lipinski definition) is 0. The van der Waals surface area contributed by atoms with Crippen molar-refractivity contribution in [2.75, 3.05) is 13.1 Å². The summed E-state index contributed by atoms with van der Waals surface area (Å²) in [6.07, 6.45) is -2.50. The summed E-state index contributed by atoms with van der Waals surface area (Å²) in [7, 11) is 0. The number of carbonyl (C=O) groups is 1. The standard InChI is InChI=1S/C22H17F3N4O2/c23-22(24,25)20-10-17(19-6-3-9-31-19)26-21-11-16(27-29(20)21)18(30)13-28-8-7-14-4-1-2-5-15(14)12-28/h1-6,9-11H,7-8,12-13H2. The summed E-state index contributed by atoms with van der Waals surface area (Å²) in [4.78, 5) is 19.0. The second-order valence-electron chi connectivity index (χ2n) is 7.45. The minimum atomic E-state index is -4.68. The van der Waals surface area contributed by atoms with Crippen LogP contribution in [-0.4, -0.2) is 38.4 Å². The van der Waals surface area contributed by atoms with Gasteiger partial charge < -0.3 is 4.42 Å². The molecule has 3 aromatic heterocycles. The topological polar surface area (TPSA) is 63.6 Å². The smallest absolute Gasteiger partial charge is 0.433 e. The Kier molecular flexibility index (Phi) is 4.62. The molecule has 0 N–H and O–H groups in total. The fourth-order valence-corrected chi connectivity index (χ4v) is 3.84. The Morgan fingerprint density at radius 1 is 1.10 bits per heavy atom. The van der Waals surface area contributed by atoms with Crippen molar-refractivity contribution < 1.29 is 22.4 Å². The van der Waals surface area contributed by atoms with E-state index in [1.807, 2.05) is 23.1 Å². The molecular weight excluding hydrogens is 409 g/mol. The van der Waals surface area contributed by atoms with E-state index in [4.69, 9.17) is 4.42 Å². The first kappa shape index (κ1) is 19.5. The van der Waals surface area contributed by atoms with Gasteiger partial charge in [-0.25, -0.2) is 9.50 Å². The Morgan fingerprint density at radius 2 is 1.90 bits per heavy atom. The predicted molar refractivity (Wildman–Crippen MR) is 105 cm³/mol. The van der Waals surface area contributed by atoms with Gasteiger partial charge in [0.2, 0.25) is 0 Å². The van der Waals surface area contributed by atoms with Crippen LogP contribution in [0.2, 0.25) is 0 Å². The number of aromatic nitrogens is 3. The molecule has 4 heterocycles. The van der Waals surface area contributed by atoms with Gasteiger partial charge in [0.05, 0.1) is 12.8 Å². The number of fused-ring (bicyclic) bond motifs is 2. The lowest BCUT2D eigenvalue weighted by atomic mass is 10.00. The van der Waals surface area contributed by atoms with E-state index in [0.717, 1.165) is 18.1 Å². The minimum Gasteiger partial charge on any atom is -0.463 e. The molecule has 0 atom stereocenters. The van der Waals surface area contributed by atoms with Crippen LogP contribution in [0.5, 0.6) is 0 Å². The Balaban J connectivity index is 1.46. The zero-order valence-electron chi connectivity index (χ0n) is 16.3. The highest BCUT2D eigenvalue weighted by Crippen LogP contribution is 2.32. The van der Waals surface area contributed by atoms with Gasteiger partial charge in [0.15, 0.2) is 22.9 Å². The number of Topliss-reactive ketones (excluding diaryl/α,β-unsaturated/α-hetero) is 1. The van der Waals surface area contributed by atoms with Crippen LogP contribution in [0.15, 0.2) is 59.2 Å². The van der Waals surface area contributed by atoms with Crippen molar-refractivity contribution in [1.82, 2.24) is 19.5 Å². The van der Waals surface area contributed by atoms with Crippen LogP contribution >= 0.6 is 0 Å². The molecule has 9 heteroatoms. The normalized spacial score (nSPS) is 14.7. The first-order chi connectivity index (χ1) is 14.9. The van der Waals surface area contributed by atoms with E-state index in [1.54, 1.807) is 6.07 Å². The molecule has 0 aliphatic carbocycles. The van der Waals surface area contributed by atoms with Crippen LogP contribution in [-0.2, 0) is 19.1 Å². The van der Waals surface area contributed by atoms with Gasteiger partial charge in [-0.15, -0.1) is 0 Å². The number of carbonyl (C=O) groups excluding carboxylic acids is 1. The number of nitrogens with zero attached hydrogens (tertiary/aromatic N) is 4. The van der Waals surface area contributed by atoms with Crippen molar-refractivity contribution >= 4 is 11.4 Å². The molecule has 158 valence electrons. The fourth-order valence-electron chi connectivity index (χ4n) is 3.84. The van der Waals surface area contributed by atoms with Crippen LogP contribution in [0.1, 0.15) is 27.3 Å². The van der Waals surface area contributed by atoms with Crippen LogP contribution < -0.4 is 0 Å². The summed E-state index contributed by atoms with van der Waals surface area (Å²) in [5, 5.41) is 3.94.